The van der Waals surface area contributed by atoms with E-state index in [1.807, 2.05) is 24.3 Å². The lowest BCUT2D eigenvalue weighted by Crippen LogP contribution is -2.07. The summed E-state index contributed by atoms with van der Waals surface area (Å²) in [4.78, 5) is 20.9. The minimum absolute atomic E-state index is 0.186. The number of aliphatic hydroxyl groups excluding tert-OH is 1. The summed E-state index contributed by atoms with van der Waals surface area (Å²) in [6.07, 6.45) is 0.956. The zero-order chi connectivity index (χ0) is 18.0. The Hall–Kier alpha value is -2.28. The van der Waals surface area contributed by atoms with Crippen molar-refractivity contribution in [1.82, 2.24) is 9.97 Å². The summed E-state index contributed by atoms with van der Waals surface area (Å²) in [6.45, 7) is 3.11. The number of aromatic nitrogens is 2. The van der Waals surface area contributed by atoms with Crippen LogP contribution in [0.4, 0.5) is 5.82 Å². The summed E-state index contributed by atoms with van der Waals surface area (Å²) in [5, 5.41) is 13.8. The molecule has 1 unspecified atom stereocenters. The average Bonchev–Trinajstić information content (AvgIpc) is 3.00. The molecule has 2 N–H and O–H groups in total. The molecule has 7 heteroatoms. The van der Waals surface area contributed by atoms with Crippen LogP contribution in [0, 0.1) is 0 Å². The van der Waals surface area contributed by atoms with E-state index >= 15 is 0 Å². The molecule has 2 aromatic heterocycles. The Morgan fingerprint density at radius 1 is 1.28 bits per heavy atom. The Bertz CT molecular complexity index is 924. The van der Waals surface area contributed by atoms with E-state index in [2.05, 4.69) is 15.3 Å². The molecule has 0 bridgehead atoms. The maximum Gasteiger partial charge on any atom is 0.222 e. The first kappa shape index (κ1) is 17.5. The molecule has 3 rings (SSSR count). The predicted octanol–water partition coefficient (Wildman–Crippen LogP) is 4.54. The van der Waals surface area contributed by atoms with Crippen LogP contribution >= 0.6 is 22.9 Å². The second-order valence-corrected chi connectivity index (χ2v) is 6.99. The van der Waals surface area contributed by atoms with E-state index in [0.717, 1.165) is 21.7 Å². The van der Waals surface area contributed by atoms with Crippen LogP contribution in [0.2, 0.25) is 5.02 Å². The molecule has 0 aliphatic heterocycles. The number of halogens is 1. The van der Waals surface area contributed by atoms with Gasteiger partial charge in [0.15, 0.2) is 0 Å². The van der Waals surface area contributed by atoms with E-state index in [1.54, 1.807) is 25.3 Å². The number of rotatable bonds is 4. The lowest BCUT2D eigenvalue weighted by atomic mass is 10.1. The number of hydrogen-bond acceptors (Lipinski definition) is 5. The molecule has 1 amide bonds. The highest BCUT2D eigenvalue weighted by Crippen LogP contribution is 2.39. The minimum atomic E-state index is -0.673. The minimum Gasteiger partial charge on any atom is -0.386 e. The standard InChI is InChI=1S/C18H16ClN3O2S/c1-10(23)18-22-16(12-4-3-5-14(19)8-12)17(25-18)13-6-7-20-15(9-13)21-11(2)24/h3-10,23H,1-2H3,(H,20,21,24). The van der Waals surface area contributed by atoms with Gasteiger partial charge in [0.25, 0.3) is 0 Å². The number of nitrogens with zero attached hydrogens (tertiary/aromatic N) is 2. The number of hydrogen-bond donors (Lipinski definition) is 2. The highest BCUT2D eigenvalue weighted by molar-refractivity contribution is 7.15. The number of anilines is 1. The second-order valence-electron chi connectivity index (χ2n) is 5.53. The van der Waals surface area contributed by atoms with Gasteiger partial charge in [-0.1, -0.05) is 23.7 Å². The van der Waals surface area contributed by atoms with Crippen molar-refractivity contribution in [2.45, 2.75) is 20.0 Å². The Labute approximate surface area is 154 Å². The molecule has 5 nitrogen and oxygen atoms in total. The summed E-state index contributed by atoms with van der Waals surface area (Å²) >= 11 is 7.52. The van der Waals surface area contributed by atoms with E-state index in [4.69, 9.17) is 11.6 Å². The topological polar surface area (TPSA) is 75.1 Å². The van der Waals surface area contributed by atoms with Gasteiger partial charge >= 0.3 is 0 Å². The first-order valence-electron chi connectivity index (χ1n) is 7.63. The fraction of sp³-hybridized carbons (Fsp3) is 0.167. The number of amides is 1. The fourth-order valence-corrected chi connectivity index (χ4v) is 3.57. The highest BCUT2D eigenvalue weighted by Gasteiger charge is 2.18. The number of aliphatic hydroxyl groups is 1. The van der Waals surface area contributed by atoms with Crippen LogP contribution in [-0.2, 0) is 4.79 Å². The van der Waals surface area contributed by atoms with Gasteiger partial charge in [-0.2, -0.15) is 0 Å². The molecule has 2 heterocycles. The van der Waals surface area contributed by atoms with Crippen LogP contribution in [0.3, 0.4) is 0 Å². The van der Waals surface area contributed by atoms with Gasteiger partial charge in [0.2, 0.25) is 5.91 Å². The molecule has 0 radical (unpaired) electrons. The summed E-state index contributed by atoms with van der Waals surface area (Å²) < 4.78 is 0. The number of carbonyl (C=O) groups excluding carboxylic acids is 1. The third-order valence-corrected chi connectivity index (χ3v) is 4.94. The molecule has 1 aromatic carbocycles. The fourth-order valence-electron chi connectivity index (χ4n) is 2.36. The molecule has 128 valence electrons. The number of carbonyl (C=O) groups is 1. The van der Waals surface area contributed by atoms with Crippen molar-refractivity contribution in [3.8, 4) is 21.7 Å². The molecule has 0 fully saturated rings. The molecular weight excluding hydrogens is 358 g/mol. The van der Waals surface area contributed by atoms with E-state index in [1.165, 1.54) is 18.3 Å². The molecule has 0 saturated carbocycles. The molecule has 0 saturated heterocycles. The molecule has 25 heavy (non-hydrogen) atoms. The molecule has 0 aliphatic carbocycles. The Morgan fingerprint density at radius 2 is 2.08 bits per heavy atom. The van der Waals surface area contributed by atoms with Crippen LogP contribution in [0.25, 0.3) is 21.7 Å². The lowest BCUT2D eigenvalue weighted by Gasteiger charge is -2.06. The highest BCUT2D eigenvalue weighted by atomic mass is 35.5. The molecule has 3 aromatic rings. The van der Waals surface area contributed by atoms with E-state index in [9.17, 15) is 9.90 Å². The number of benzene rings is 1. The largest absolute Gasteiger partial charge is 0.386 e. The van der Waals surface area contributed by atoms with E-state index in [0.29, 0.717) is 15.8 Å². The lowest BCUT2D eigenvalue weighted by molar-refractivity contribution is -0.114. The first-order chi connectivity index (χ1) is 11.9. The van der Waals surface area contributed by atoms with Crippen molar-refractivity contribution in [2.24, 2.45) is 0 Å². The molecule has 1 atom stereocenters. The van der Waals surface area contributed by atoms with Crippen molar-refractivity contribution in [3.63, 3.8) is 0 Å². The summed E-state index contributed by atoms with van der Waals surface area (Å²) in [6, 6.07) is 11.0. The summed E-state index contributed by atoms with van der Waals surface area (Å²) in [5.41, 5.74) is 2.46. The SMILES string of the molecule is CC(=O)Nc1cc(-c2sc(C(C)O)nc2-c2cccc(Cl)c2)ccn1. The van der Waals surface area contributed by atoms with Crippen LogP contribution in [0.1, 0.15) is 25.0 Å². The third kappa shape index (κ3) is 4.04. The Balaban J connectivity index is 2.13. The van der Waals surface area contributed by atoms with Crippen LogP contribution in [0.15, 0.2) is 42.6 Å². The van der Waals surface area contributed by atoms with Crippen LogP contribution in [-0.4, -0.2) is 21.0 Å². The van der Waals surface area contributed by atoms with Crippen molar-refractivity contribution < 1.29 is 9.90 Å². The van der Waals surface area contributed by atoms with Gasteiger partial charge in [-0.3, -0.25) is 4.79 Å². The average molecular weight is 374 g/mol. The van der Waals surface area contributed by atoms with Crippen molar-refractivity contribution >= 4 is 34.7 Å². The van der Waals surface area contributed by atoms with Crippen LogP contribution < -0.4 is 5.32 Å². The quantitative estimate of drug-likeness (QED) is 0.704. The number of thiazole rings is 1. The van der Waals surface area contributed by atoms with Gasteiger partial charge in [0.1, 0.15) is 16.9 Å². The summed E-state index contributed by atoms with van der Waals surface area (Å²) in [5.74, 6) is 0.280. The van der Waals surface area contributed by atoms with Crippen LogP contribution in [0.5, 0.6) is 0 Å². The van der Waals surface area contributed by atoms with E-state index < -0.39 is 6.10 Å². The van der Waals surface area contributed by atoms with Gasteiger partial charge in [-0.15, -0.1) is 11.3 Å². The maximum atomic E-state index is 11.3. The first-order valence-corrected chi connectivity index (χ1v) is 8.82. The molecular formula is C18H16ClN3O2S. The zero-order valence-corrected chi connectivity index (χ0v) is 15.2. The summed E-state index contributed by atoms with van der Waals surface area (Å²) in [7, 11) is 0. The molecule has 0 aliphatic rings. The number of nitrogens with one attached hydrogen (secondary N) is 1. The zero-order valence-electron chi connectivity index (χ0n) is 13.7. The Kier molecular flexibility index (Phi) is 5.13. The van der Waals surface area contributed by atoms with Gasteiger partial charge in [0, 0.05) is 23.7 Å². The van der Waals surface area contributed by atoms with Gasteiger partial charge in [-0.25, -0.2) is 9.97 Å². The van der Waals surface area contributed by atoms with Crippen molar-refractivity contribution in [1.29, 1.82) is 0 Å². The van der Waals surface area contributed by atoms with Gasteiger partial charge in [-0.05, 0) is 36.8 Å². The number of pyridine rings is 1. The maximum absolute atomic E-state index is 11.3. The van der Waals surface area contributed by atoms with Crippen molar-refractivity contribution in [2.75, 3.05) is 5.32 Å². The molecule has 0 spiro atoms. The predicted molar refractivity (Wildman–Crippen MR) is 101 cm³/mol. The Morgan fingerprint density at radius 3 is 2.76 bits per heavy atom. The van der Waals surface area contributed by atoms with Gasteiger partial charge in [0.05, 0.1) is 10.6 Å². The monoisotopic (exact) mass is 373 g/mol. The van der Waals surface area contributed by atoms with Gasteiger partial charge < -0.3 is 10.4 Å². The van der Waals surface area contributed by atoms with Crippen molar-refractivity contribution in [3.05, 3.63) is 52.6 Å². The van der Waals surface area contributed by atoms with E-state index in [-0.39, 0.29) is 5.91 Å². The third-order valence-electron chi connectivity index (χ3n) is 3.43. The second kappa shape index (κ2) is 7.31. The smallest absolute Gasteiger partial charge is 0.222 e. The normalized spacial score (nSPS) is 12.0.